The van der Waals surface area contributed by atoms with Gasteiger partial charge in [-0.25, -0.2) is 4.79 Å². The molecular weight excluding hydrogens is 716 g/mol. The maximum atomic E-state index is 12.7. The van der Waals surface area contributed by atoms with Crippen molar-refractivity contribution in [3.63, 3.8) is 0 Å². The first-order valence-corrected chi connectivity index (χ1v) is 18.2. The molecule has 2 heterocycles. The van der Waals surface area contributed by atoms with E-state index in [-0.39, 0.29) is 6.61 Å². The molecule has 0 aromatic heterocycles. The van der Waals surface area contributed by atoms with E-state index >= 15 is 0 Å². The number of ether oxygens (including phenoxy) is 9. The number of esters is 3. The summed E-state index contributed by atoms with van der Waals surface area (Å²) >= 11 is 0. The number of carbonyl (C=O) groups is 3. The highest BCUT2D eigenvalue weighted by atomic mass is 16.7. The van der Waals surface area contributed by atoms with Crippen LogP contribution in [0, 0.1) is 5.92 Å². The second kappa shape index (κ2) is 18.8. The van der Waals surface area contributed by atoms with Crippen molar-refractivity contribution < 1.29 is 67.2 Å². The molecule has 2 N–H and O–H groups in total. The Bertz CT molecular complexity index is 1660. The molecule has 14 heteroatoms. The van der Waals surface area contributed by atoms with Gasteiger partial charge in [0.15, 0.2) is 12.4 Å². The molecule has 3 aliphatic rings. The van der Waals surface area contributed by atoms with Gasteiger partial charge in [-0.15, -0.1) is 0 Å². The first kappa shape index (κ1) is 41.6. The van der Waals surface area contributed by atoms with Crippen molar-refractivity contribution in [2.75, 3.05) is 26.4 Å². The molecule has 0 radical (unpaired) electrons. The highest BCUT2D eigenvalue weighted by molar-refractivity contribution is 5.87. The number of rotatable bonds is 18. The number of hydrogen-bond acceptors (Lipinski definition) is 14. The molecule has 0 spiro atoms. The Morgan fingerprint density at radius 3 is 2.04 bits per heavy atom. The van der Waals surface area contributed by atoms with Gasteiger partial charge in [-0.05, 0) is 61.7 Å². The van der Waals surface area contributed by atoms with E-state index in [2.05, 4.69) is 13.2 Å². The lowest BCUT2D eigenvalue weighted by Crippen LogP contribution is -2.61. The summed E-state index contributed by atoms with van der Waals surface area (Å²) in [5, 5.41) is 22.8. The first-order valence-electron chi connectivity index (χ1n) is 18.2. The van der Waals surface area contributed by atoms with Crippen LogP contribution >= 0.6 is 0 Å². The maximum Gasteiger partial charge on any atom is 0.330 e. The summed E-state index contributed by atoms with van der Waals surface area (Å²) in [6, 6.07) is 14.5. The van der Waals surface area contributed by atoms with Gasteiger partial charge in [-0.2, -0.15) is 0 Å². The molecule has 11 atom stereocenters. The van der Waals surface area contributed by atoms with Crippen molar-refractivity contribution >= 4 is 24.0 Å². The molecule has 1 unspecified atom stereocenters. The quantitative estimate of drug-likeness (QED) is 0.0977. The third-order valence-corrected chi connectivity index (χ3v) is 9.60. The van der Waals surface area contributed by atoms with E-state index in [9.17, 15) is 24.6 Å². The van der Waals surface area contributed by atoms with Crippen LogP contribution < -0.4 is 9.47 Å². The van der Waals surface area contributed by atoms with Gasteiger partial charge in [0, 0.05) is 19.9 Å². The van der Waals surface area contributed by atoms with Crippen molar-refractivity contribution in [2.24, 2.45) is 5.92 Å². The van der Waals surface area contributed by atoms with Crippen LogP contribution in [0.15, 0.2) is 79.9 Å². The Balaban J connectivity index is 1.28. The molecule has 5 rings (SSSR count). The zero-order chi connectivity index (χ0) is 39.7. The van der Waals surface area contributed by atoms with Gasteiger partial charge >= 0.3 is 17.9 Å². The SMILES string of the molecule is C=CCOc1ccc(/C=C/C(=O)OC[C@H]2O[C@@H](OCCc3ccc(OCC=C)cc3)[C@H](OC3(C)[C@@H]4[C@H](OC(C)=O)[C@@H](OC(C)=O)[C@H](C)O[C@@H]43)[C@@H](O)[C@@H]2O)cc1. The predicted octanol–water partition coefficient (Wildman–Crippen LogP) is 3.50. The van der Waals surface area contributed by atoms with Crippen LogP contribution in [0.2, 0.25) is 0 Å². The minimum absolute atomic E-state index is 0.120. The average molecular weight is 767 g/mol. The fraction of sp³-hybridized carbons (Fsp3) is 0.488. The standard InChI is InChI=1S/C41H50O14/c1-7-20-47-29-14-9-27(10-15-29)13-18-32(44)50-23-31-34(45)35(46)38(40(54-31)49-22-19-28-11-16-30(17-12-28)48-21-8-2)55-41(6)33-37(53-26(5)43)36(52-25(4)42)24(3)51-39(33)41/h7-18,24,31,33-40,45-46H,1-2,19-23H2,3-6H3/b18-13+/t24-,31+,33+,34+,35-,36-,37-,38+,39-,40+,41?/m0/s1. The molecule has 0 bridgehead atoms. The van der Waals surface area contributed by atoms with Crippen LogP contribution in [-0.2, 0) is 54.0 Å². The van der Waals surface area contributed by atoms with Gasteiger partial charge in [0.1, 0.15) is 67.4 Å². The van der Waals surface area contributed by atoms with Crippen molar-refractivity contribution in [3.05, 3.63) is 91.0 Å². The van der Waals surface area contributed by atoms with E-state index in [0.717, 1.165) is 11.1 Å². The zero-order valence-electron chi connectivity index (χ0n) is 31.4. The Labute approximate surface area is 320 Å². The molecule has 2 aromatic carbocycles. The van der Waals surface area contributed by atoms with E-state index in [1.807, 2.05) is 24.3 Å². The van der Waals surface area contributed by atoms with Gasteiger partial charge in [-0.3, -0.25) is 9.59 Å². The molecule has 2 aromatic rings. The lowest BCUT2D eigenvalue weighted by molar-refractivity contribution is -0.320. The van der Waals surface area contributed by atoms with Crippen molar-refractivity contribution in [1.29, 1.82) is 0 Å². The predicted molar refractivity (Wildman–Crippen MR) is 197 cm³/mol. The second-order valence-corrected chi connectivity index (χ2v) is 13.7. The highest BCUT2D eigenvalue weighted by Gasteiger charge is 2.74. The molecule has 14 nitrogen and oxygen atoms in total. The lowest BCUT2D eigenvalue weighted by Gasteiger charge is -2.43. The summed E-state index contributed by atoms with van der Waals surface area (Å²) in [4.78, 5) is 36.8. The number of carbonyl (C=O) groups excluding carboxylic acids is 3. The van der Waals surface area contributed by atoms with Crippen LogP contribution in [0.5, 0.6) is 11.5 Å². The molecule has 55 heavy (non-hydrogen) atoms. The Morgan fingerprint density at radius 1 is 0.836 bits per heavy atom. The fourth-order valence-electron chi connectivity index (χ4n) is 6.82. The third-order valence-electron chi connectivity index (χ3n) is 9.60. The highest BCUT2D eigenvalue weighted by Crippen LogP contribution is 2.58. The van der Waals surface area contributed by atoms with Crippen LogP contribution in [0.4, 0.5) is 0 Å². The normalized spacial score (nSPS) is 31.1. The molecule has 3 fully saturated rings. The summed E-state index contributed by atoms with van der Waals surface area (Å²) in [5.41, 5.74) is 0.475. The molecule has 2 saturated heterocycles. The van der Waals surface area contributed by atoms with Crippen LogP contribution in [0.1, 0.15) is 38.8 Å². The molecule has 1 aliphatic carbocycles. The van der Waals surface area contributed by atoms with Gasteiger partial charge in [0.25, 0.3) is 0 Å². The molecule has 298 valence electrons. The fourth-order valence-corrected chi connectivity index (χ4v) is 6.82. The third kappa shape index (κ3) is 10.6. The van der Waals surface area contributed by atoms with Gasteiger partial charge in [0.2, 0.25) is 0 Å². The molecule has 0 amide bonds. The van der Waals surface area contributed by atoms with Gasteiger partial charge in [0.05, 0.1) is 24.7 Å². The zero-order valence-corrected chi connectivity index (χ0v) is 31.4. The largest absolute Gasteiger partial charge is 0.490 e. The average Bonchev–Trinajstić information content (AvgIpc) is 3.74. The van der Waals surface area contributed by atoms with Gasteiger partial charge < -0.3 is 52.8 Å². The number of hydrogen-bond donors (Lipinski definition) is 2. The van der Waals surface area contributed by atoms with Crippen LogP contribution in [0.3, 0.4) is 0 Å². The first-order chi connectivity index (χ1) is 26.3. The Hall–Kier alpha value is -4.57. The van der Waals surface area contributed by atoms with Crippen LogP contribution in [-0.4, -0.2) is 115 Å². The maximum absolute atomic E-state index is 12.7. The van der Waals surface area contributed by atoms with Crippen molar-refractivity contribution in [3.8, 4) is 11.5 Å². The Kier molecular flexibility index (Phi) is 14.3. The monoisotopic (exact) mass is 766 g/mol. The van der Waals surface area contributed by atoms with Gasteiger partial charge in [-0.1, -0.05) is 49.6 Å². The Morgan fingerprint density at radius 2 is 1.44 bits per heavy atom. The topological polar surface area (TPSA) is 175 Å². The lowest BCUT2D eigenvalue weighted by atomic mass is 9.98. The summed E-state index contributed by atoms with van der Waals surface area (Å²) in [6.07, 6.45) is -3.39. The molecular formula is C41H50O14. The second-order valence-electron chi connectivity index (χ2n) is 13.7. The van der Waals surface area contributed by atoms with Crippen LogP contribution in [0.25, 0.3) is 6.08 Å². The molecule has 1 saturated carbocycles. The van der Waals surface area contributed by atoms with Crippen molar-refractivity contribution in [2.45, 2.75) is 94.8 Å². The number of aliphatic hydroxyl groups excluding tert-OH is 2. The van der Waals surface area contributed by atoms with E-state index in [4.69, 9.17) is 42.6 Å². The summed E-state index contributed by atoms with van der Waals surface area (Å²) < 4.78 is 52.6. The minimum Gasteiger partial charge on any atom is -0.490 e. The molecule has 2 aliphatic heterocycles. The van der Waals surface area contributed by atoms with E-state index in [0.29, 0.717) is 31.1 Å². The van der Waals surface area contributed by atoms with E-state index in [1.165, 1.54) is 19.9 Å². The van der Waals surface area contributed by atoms with Crippen molar-refractivity contribution in [1.82, 2.24) is 0 Å². The van der Waals surface area contributed by atoms with E-state index < -0.39 is 91.2 Å². The number of fused-ring (bicyclic) bond motifs is 1. The number of benzene rings is 2. The smallest absolute Gasteiger partial charge is 0.330 e. The summed E-state index contributed by atoms with van der Waals surface area (Å²) in [6.45, 7) is 13.6. The van der Waals surface area contributed by atoms with E-state index in [1.54, 1.807) is 56.3 Å². The number of aliphatic hydroxyl groups is 2. The summed E-state index contributed by atoms with van der Waals surface area (Å²) in [7, 11) is 0. The summed E-state index contributed by atoms with van der Waals surface area (Å²) in [5.74, 6) is -1.11. The minimum atomic E-state index is -1.57.